The molecular formula is C59H112NO8+. The molecule has 0 fully saturated rings. The van der Waals surface area contributed by atoms with Gasteiger partial charge >= 0.3 is 17.9 Å². The lowest BCUT2D eigenvalue weighted by Crippen LogP contribution is -2.40. The van der Waals surface area contributed by atoms with Gasteiger partial charge in [0.05, 0.1) is 34.4 Å². The SMILES string of the molecule is CCCCCCC/C=C\C/C=C\CCCCCCCCCCCCCCCCCCCCCCCC(=O)OC(COC(=O)CCCCCCCCCCCC)COC(OCC[N+](C)(C)C)C(=O)O. The van der Waals surface area contributed by atoms with Crippen LogP contribution in [0, 0.1) is 0 Å². The third kappa shape index (κ3) is 51.6. The van der Waals surface area contributed by atoms with Gasteiger partial charge in [0.15, 0.2) is 6.10 Å². The number of esters is 2. The van der Waals surface area contributed by atoms with Gasteiger partial charge in [-0.3, -0.25) is 9.59 Å². The standard InChI is InChI=1S/C59H111NO8/c1-6-8-10-12-14-16-18-19-20-21-22-23-24-25-26-27-28-29-30-31-32-33-34-35-36-37-38-39-40-42-44-46-48-50-57(62)68-55(54-67-59(58(63)64)65-52-51-60(3,4)5)53-66-56(61)49-47-45-43-41-17-15-13-11-9-7-2/h18-19,21-22,55,59H,6-17,20,23-54H2,1-5H3/p+1/b19-18-,22-21-. The predicted octanol–water partition coefficient (Wildman–Crippen LogP) is 16.7. The maximum absolute atomic E-state index is 12.8. The average Bonchev–Trinajstić information content (AvgIpc) is 3.30. The van der Waals surface area contributed by atoms with Crippen LogP contribution < -0.4 is 0 Å². The molecule has 0 bridgehead atoms. The van der Waals surface area contributed by atoms with Crippen LogP contribution in [0.15, 0.2) is 24.3 Å². The molecule has 400 valence electrons. The largest absolute Gasteiger partial charge is 0.477 e. The molecule has 0 saturated carbocycles. The molecule has 0 aliphatic rings. The van der Waals surface area contributed by atoms with Crippen LogP contribution in [-0.4, -0.2) is 87.4 Å². The number of carbonyl (C=O) groups is 3. The number of nitrogens with zero attached hydrogens (tertiary/aromatic N) is 1. The van der Waals surface area contributed by atoms with Gasteiger partial charge in [0.2, 0.25) is 0 Å². The molecule has 9 heteroatoms. The number of unbranched alkanes of at least 4 members (excludes halogenated alkanes) is 35. The van der Waals surface area contributed by atoms with Gasteiger partial charge in [0, 0.05) is 12.8 Å². The maximum atomic E-state index is 12.8. The van der Waals surface area contributed by atoms with E-state index in [1.165, 1.54) is 205 Å². The highest BCUT2D eigenvalue weighted by molar-refractivity contribution is 5.71. The summed E-state index contributed by atoms with van der Waals surface area (Å²) in [5.74, 6) is -1.99. The van der Waals surface area contributed by atoms with Gasteiger partial charge in [0.25, 0.3) is 6.29 Å². The number of carboxylic acid groups (broad SMARTS) is 1. The van der Waals surface area contributed by atoms with Gasteiger partial charge in [-0.2, -0.15) is 0 Å². The molecule has 0 spiro atoms. The van der Waals surface area contributed by atoms with Gasteiger partial charge in [-0.05, 0) is 44.9 Å². The van der Waals surface area contributed by atoms with Gasteiger partial charge in [-0.25, -0.2) is 4.79 Å². The van der Waals surface area contributed by atoms with E-state index in [1.54, 1.807) is 0 Å². The van der Waals surface area contributed by atoms with E-state index < -0.39 is 18.4 Å². The van der Waals surface area contributed by atoms with Crippen molar-refractivity contribution >= 4 is 17.9 Å². The molecule has 0 aliphatic heterocycles. The molecule has 2 atom stereocenters. The number of quaternary nitrogens is 1. The summed E-state index contributed by atoms with van der Waals surface area (Å²) in [6.07, 6.45) is 57.1. The van der Waals surface area contributed by atoms with E-state index in [4.69, 9.17) is 18.9 Å². The molecule has 0 aliphatic carbocycles. The number of aliphatic carboxylic acids is 1. The lowest BCUT2D eigenvalue weighted by Gasteiger charge is -2.25. The van der Waals surface area contributed by atoms with E-state index in [9.17, 15) is 19.5 Å². The zero-order valence-corrected chi connectivity index (χ0v) is 45.5. The van der Waals surface area contributed by atoms with E-state index in [-0.39, 0.29) is 38.2 Å². The first kappa shape index (κ1) is 65.8. The lowest BCUT2D eigenvalue weighted by atomic mass is 10.0. The molecule has 0 aromatic carbocycles. The second-order valence-corrected chi connectivity index (χ2v) is 21.0. The van der Waals surface area contributed by atoms with Gasteiger partial charge in [0.1, 0.15) is 13.2 Å². The highest BCUT2D eigenvalue weighted by Crippen LogP contribution is 2.17. The highest BCUT2D eigenvalue weighted by Gasteiger charge is 2.25. The van der Waals surface area contributed by atoms with Crippen molar-refractivity contribution in [2.45, 2.75) is 289 Å². The minimum atomic E-state index is -1.50. The van der Waals surface area contributed by atoms with E-state index in [2.05, 4.69) is 38.2 Å². The summed E-state index contributed by atoms with van der Waals surface area (Å²) in [6.45, 7) is 4.88. The monoisotopic (exact) mass is 963 g/mol. The molecule has 1 N–H and O–H groups in total. The van der Waals surface area contributed by atoms with Crippen molar-refractivity contribution in [3.05, 3.63) is 24.3 Å². The summed E-state index contributed by atoms with van der Waals surface area (Å²) in [5.41, 5.74) is 0. The minimum Gasteiger partial charge on any atom is -0.477 e. The predicted molar refractivity (Wildman–Crippen MR) is 286 cm³/mol. The molecule has 0 amide bonds. The Kier molecular flexibility index (Phi) is 49.5. The normalized spacial score (nSPS) is 12.9. The topological polar surface area (TPSA) is 108 Å². The van der Waals surface area contributed by atoms with Crippen LogP contribution in [0.5, 0.6) is 0 Å². The van der Waals surface area contributed by atoms with Crippen molar-refractivity contribution in [2.75, 3.05) is 47.5 Å². The number of carboxylic acids is 1. The Bertz CT molecular complexity index is 1170. The molecular weight excluding hydrogens is 851 g/mol. The number of ether oxygens (including phenoxy) is 4. The smallest absolute Gasteiger partial charge is 0.361 e. The third-order valence-electron chi connectivity index (χ3n) is 13.0. The molecule has 0 saturated heterocycles. The number of hydrogen-bond acceptors (Lipinski definition) is 7. The second kappa shape index (κ2) is 51.1. The fourth-order valence-electron chi connectivity index (χ4n) is 8.46. The maximum Gasteiger partial charge on any atom is 0.361 e. The Balaban J connectivity index is 3.99. The summed E-state index contributed by atoms with van der Waals surface area (Å²) in [4.78, 5) is 37.2. The van der Waals surface area contributed by atoms with Crippen molar-refractivity contribution in [3.63, 3.8) is 0 Å². The summed E-state index contributed by atoms with van der Waals surface area (Å²) in [5, 5.41) is 9.66. The Morgan fingerprint density at radius 3 is 1.16 bits per heavy atom. The fourth-order valence-corrected chi connectivity index (χ4v) is 8.46. The van der Waals surface area contributed by atoms with Crippen molar-refractivity contribution in [3.8, 4) is 0 Å². The van der Waals surface area contributed by atoms with Crippen LogP contribution in [0.25, 0.3) is 0 Å². The van der Waals surface area contributed by atoms with Crippen molar-refractivity contribution in [1.82, 2.24) is 0 Å². The molecule has 68 heavy (non-hydrogen) atoms. The molecule has 0 radical (unpaired) electrons. The number of rotatable bonds is 54. The Morgan fingerprint density at radius 2 is 0.794 bits per heavy atom. The number of likely N-dealkylation sites (N-methyl/N-ethyl adjacent to an activating group) is 1. The second-order valence-electron chi connectivity index (χ2n) is 21.0. The summed E-state index contributed by atoms with van der Waals surface area (Å²) in [7, 11) is 5.97. The number of hydrogen-bond donors (Lipinski definition) is 1. The number of allylic oxidation sites excluding steroid dienone is 4. The van der Waals surface area contributed by atoms with Crippen LogP contribution in [0.3, 0.4) is 0 Å². The molecule has 0 rings (SSSR count). The number of carbonyl (C=O) groups excluding carboxylic acids is 2. The molecule has 2 unspecified atom stereocenters. The lowest BCUT2D eigenvalue weighted by molar-refractivity contribution is -0.870. The van der Waals surface area contributed by atoms with Crippen LogP contribution in [0.4, 0.5) is 0 Å². The van der Waals surface area contributed by atoms with Gasteiger partial charge in [-0.15, -0.1) is 0 Å². The first-order valence-corrected chi connectivity index (χ1v) is 29.0. The van der Waals surface area contributed by atoms with E-state index in [1.807, 2.05) is 21.1 Å². The van der Waals surface area contributed by atoms with Crippen molar-refractivity contribution in [2.24, 2.45) is 0 Å². The molecule has 0 heterocycles. The average molecular weight is 964 g/mol. The van der Waals surface area contributed by atoms with Gasteiger partial charge in [-0.1, -0.05) is 244 Å². The molecule has 0 aromatic heterocycles. The first-order valence-electron chi connectivity index (χ1n) is 29.0. The zero-order chi connectivity index (χ0) is 49.9. The van der Waals surface area contributed by atoms with Crippen LogP contribution in [-0.2, 0) is 33.3 Å². The van der Waals surface area contributed by atoms with E-state index >= 15 is 0 Å². The quantitative estimate of drug-likeness (QED) is 0.0211. The minimum absolute atomic E-state index is 0.176. The Hall–Kier alpha value is -2.23. The summed E-state index contributed by atoms with van der Waals surface area (Å²) >= 11 is 0. The fraction of sp³-hybridized carbons (Fsp3) is 0.881. The van der Waals surface area contributed by atoms with Crippen LogP contribution >= 0.6 is 0 Å². The van der Waals surface area contributed by atoms with Gasteiger partial charge < -0.3 is 28.5 Å². The summed E-state index contributed by atoms with van der Waals surface area (Å²) in [6, 6.07) is 0. The first-order chi connectivity index (χ1) is 33.1. The zero-order valence-electron chi connectivity index (χ0n) is 45.5. The third-order valence-corrected chi connectivity index (χ3v) is 13.0. The van der Waals surface area contributed by atoms with Crippen LogP contribution in [0.1, 0.15) is 277 Å². The van der Waals surface area contributed by atoms with E-state index in [0.717, 1.165) is 44.9 Å². The van der Waals surface area contributed by atoms with Crippen molar-refractivity contribution < 1.29 is 42.9 Å². The Labute approximate surface area is 420 Å². The molecule has 9 nitrogen and oxygen atoms in total. The Morgan fingerprint density at radius 1 is 0.441 bits per heavy atom. The molecule has 0 aromatic rings. The highest BCUT2D eigenvalue weighted by atomic mass is 16.7. The van der Waals surface area contributed by atoms with Crippen molar-refractivity contribution in [1.29, 1.82) is 0 Å². The van der Waals surface area contributed by atoms with Crippen LogP contribution in [0.2, 0.25) is 0 Å². The summed E-state index contributed by atoms with van der Waals surface area (Å²) < 4.78 is 22.8. The van der Waals surface area contributed by atoms with E-state index in [0.29, 0.717) is 17.4 Å².